The minimum atomic E-state index is -4.29. The number of benzene rings is 3. The van der Waals surface area contributed by atoms with Gasteiger partial charge in [-0.2, -0.15) is 8.42 Å². The average Bonchev–Trinajstić information content (AvgIpc) is 2.84. The van der Waals surface area contributed by atoms with Crippen molar-refractivity contribution in [3.63, 3.8) is 0 Å². The summed E-state index contributed by atoms with van der Waals surface area (Å²) < 4.78 is 32.8. The van der Waals surface area contributed by atoms with Crippen LogP contribution in [-0.2, 0) is 16.5 Å². The van der Waals surface area contributed by atoms with Gasteiger partial charge in [-0.3, -0.25) is 20.4 Å². The lowest BCUT2D eigenvalue weighted by atomic mass is 9.99. The molecule has 0 amide bonds. The van der Waals surface area contributed by atoms with E-state index in [-0.39, 0.29) is 30.8 Å². The van der Waals surface area contributed by atoms with Gasteiger partial charge in [-0.15, -0.1) is 0 Å². The fourth-order valence-electron chi connectivity index (χ4n) is 4.09. The number of allylic oxidation sites excluding steroid dienone is 2. The summed E-state index contributed by atoms with van der Waals surface area (Å²) in [6, 6.07) is 14.2. The van der Waals surface area contributed by atoms with E-state index in [0.717, 1.165) is 10.8 Å². The molecular formula is C25H25Cl2N3O5S. The molecule has 4 rings (SSSR count). The topological polar surface area (TPSA) is 131 Å². The van der Waals surface area contributed by atoms with Crippen LogP contribution in [-0.4, -0.2) is 46.8 Å². The second kappa shape index (κ2) is 11.1. The summed E-state index contributed by atoms with van der Waals surface area (Å²) in [5.41, 5.74) is 7.55. The number of aliphatic hydroxyl groups is 1. The molecule has 5 N–H and O–H groups in total. The Morgan fingerprint density at radius 1 is 1.11 bits per heavy atom. The number of nitrogens with zero attached hydrogens (tertiary/aromatic N) is 1. The predicted molar refractivity (Wildman–Crippen MR) is 145 cm³/mol. The molecule has 0 saturated heterocycles. The summed E-state index contributed by atoms with van der Waals surface area (Å²) in [5.74, 6) is -0.0700. The van der Waals surface area contributed by atoms with E-state index in [0.29, 0.717) is 33.4 Å². The molecule has 3 aromatic rings. The summed E-state index contributed by atoms with van der Waals surface area (Å²) in [6.45, 7) is -0.100. The summed E-state index contributed by atoms with van der Waals surface area (Å²) in [4.78, 5) is 4.24. The Balaban J connectivity index is 1.58. The monoisotopic (exact) mass is 549 g/mol. The van der Waals surface area contributed by atoms with Crippen LogP contribution >= 0.6 is 23.2 Å². The number of aromatic hydroxyl groups is 1. The first-order chi connectivity index (χ1) is 17.1. The van der Waals surface area contributed by atoms with Crippen molar-refractivity contribution in [2.45, 2.75) is 30.6 Å². The molecule has 2 unspecified atom stereocenters. The van der Waals surface area contributed by atoms with Gasteiger partial charge < -0.3 is 10.2 Å². The molecule has 0 bridgehead atoms. The number of nitrogens with one attached hydrogen (secondary N) is 2. The average molecular weight is 550 g/mol. The fraction of sp³-hybridized carbons (Fsp3) is 0.240. The number of hydrogen-bond acceptors (Lipinski definition) is 7. The Morgan fingerprint density at radius 3 is 2.67 bits per heavy atom. The highest BCUT2D eigenvalue weighted by molar-refractivity contribution is 7.87. The van der Waals surface area contributed by atoms with Crippen LogP contribution in [0, 0.1) is 0 Å². The maximum Gasteiger partial charge on any atom is 0.273 e. The molecule has 1 aliphatic rings. The number of aliphatic imine (C=N–C) groups is 1. The van der Waals surface area contributed by atoms with Crippen LogP contribution in [0.5, 0.6) is 5.75 Å². The van der Waals surface area contributed by atoms with Crippen molar-refractivity contribution in [3.05, 3.63) is 76.3 Å². The number of rotatable bonds is 8. The van der Waals surface area contributed by atoms with Crippen LogP contribution in [0.15, 0.2) is 65.7 Å². The van der Waals surface area contributed by atoms with Crippen LogP contribution < -0.4 is 10.9 Å². The molecule has 3 aromatic carbocycles. The second-order valence-electron chi connectivity index (χ2n) is 8.46. The lowest BCUT2D eigenvalue weighted by Crippen LogP contribution is -2.31. The highest BCUT2D eigenvalue weighted by Gasteiger charge is 2.28. The third-order valence-electron chi connectivity index (χ3n) is 5.87. The van der Waals surface area contributed by atoms with Crippen molar-refractivity contribution in [2.75, 3.05) is 17.4 Å². The van der Waals surface area contributed by atoms with Crippen LogP contribution in [0.4, 0.5) is 11.4 Å². The molecule has 0 radical (unpaired) electrons. The lowest BCUT2D eigenvalue weighted by molar-refractivity contribution is 0.183. The molecule has 0 aliphatic heterocycles. The molecular weight excluding hydrogens is 525 g/mol. The molecule has 0 heterocycles. The van der Waals surface area contributed by atoms with E-state index in [2.05, 4.69) is 15.8 Å². The Bertz CT molecular complexity index is 1440. The van der Waals surface area contributed by atoms with E-state index in [4.69, 9.17) is 23.2 Å². The zero-order valence-electron chi connectivity index (χ0n) is 19.0. The van der Waals surface area contributed by atoms with Gasteiger partial charge in [-0.1, -0.05) is 53.5 Å². The largest absolute Gasteiger partial charge is 0.505 e. The van der Waals surface area contributed by atoms with Crippen LogP contribution in [0.3, 0.4) is 0 Å². The van der Waals surface area contributed by atoms with Crippen LogP contribution in [0.1, 0.15) is 18.4 Å². The predicted octanol–water partition coefficient (Wildman–Crippen LogP) is 5.24. The first-order valence-corrected chi connectivity index (χ1v) is 13.5. The van der Waals surface area contributed by atoms with Gasteiger partial charge in [0.25, 0.3) is 10.1 Å². The molecule has 8 nitrogen and oxygen atoms in total. The molecule has 0 aromatic heterocycles. The smallest absolute Gasteiger partial charge is 0.273 e. The Labute approximate surface area is 219 Å². The van der Waals surface area contributed by atoms with Gasteiger partial charge in [-0.25, -0.2) is 0 Å². The molecule has 36 heavy (non-hydrogen) atoms. The number of hydrogen-bond donors (Lipinski definition) is 5. The number of aliphatic hydroxyl groups excluding tert-OH is 1. The molecule has 0 fully saturated rings. The molecule has 0 saturated carbocycles. The highest BCUT2D eigenvalue weighted by atomic mass is 35.5. The Hall–Kier alpha value is -2.82. The minimum absolute atomic E-state index is 0.0559. The van der Waals surface area contributed by atoms with Gasteiger partial charge in [0, 0.05) is 16.8 Å². The Kier molecular flexibility index (Phi) is 8.07. The zero-order valence-corrected chi connectivity index (χ0v) is 21.4. The van der Waals surface area contributed by atoms with E-state index < -0.39 is 21.5 Å². The summed E-state index contributed by atoms with van der Waals surface area (Å²) >= 11 is 12.3. The minimum Gasteiger partial charge on any atom is -0.505 e. The second-order valence-corrected chi connectivity index (χ2v) is 10.9. The molecule has 2 atom stereocenters. The van der Waals surface area contributed by atoms with Gasteiger partial charge in [0.1, 0.15) is 16.7 Å². The van der Waals surface area contributed by atoms with E-state index in [1.54, 1.807) is 36.4 Å². The first kappa shape index (κ1) is 26.2. The van der Waals surface area contributed by atoms with Gasteiger partial charge in [0.2, 0.25) is 0 Å². The zero-order chi connectivity index (χ0) is 25.9. The highest BCUT2D eigenvalue weighted by Crippen LogP contribution is 2.37. The fourth-order valence-corrected chi connectivity index (χ4v) is 5.32. The van der Waals surface area contributed by atoms with Crippen molar-refractivity contribution >= 4 is 61.2 Å². The van der Waals surface area contributed by atoms with Crippen LogP contribution in [0.25, 0.3) is 10.8 Å². The SMILES string of the molecule is O=S(=O)(O)C1CCC=CC1=NCC(O)Cc1cc2ccccc2c(NNc2cc(Cl)ccc2Cl)c1O. The molecule has 0 spiro atoms. The van der Waals surface area contributed by atoms with Crippen molar-refractivity contribution in [3.8, 4) is 5.75 Å². The first-order valence-electron chi connectivity index (χ1n) is 11.2. The van der Waals surface area contributed by atoms with Crippen molar-refractivity contribution in [1.82, 2.24) is 0 Å². The van der Waals surface area contributed by atoms with Gasteiger partial charge in [-0.05, 0) is 54.1 Å². The van der Waals surface area contributed by atoms with E-state index in [1.807, 2.05) is 24.3 Å². The van der Waals surface area contributed by atoms with Gasteiger partial charge in [0.15, 0.2) is 0 Å². The molecule has 11 heteroatoms. The van der Waals surface area contributed by atoms with Crippen molar-refractivity contribution < 1.29 is 23.2 Å². The van der Waals surface area contributed by atoms with E-state index in [9.17, 15) is 23.2 Å². The molecule has 190 valence electrons. The number of phenols is 1. The van der Waals surface area contributed by atoms with Crippen molar-refractivity contribution in [1.29, 1.82) is 0 Å². The third-order valence-corrected chi connectivity index (χ3v) is 7.63. The number of fused-ring (bicyclic) bond motifs is 1. The third kappa shape index (κ3) is 6.11. The number of anilines is 2. The number of phenolic OH excluding ortho intramolecular Hbond substituents is 1. The van der Waals surface area contributed by atoms with Crippen molar-refractivity contribution in [2.24, 2.45) is 4.99 Å². The normalized spacial score (nSPS) is 17.9. The maximum absolute atomic E-state index is 11.7. The van der Waals surface area contributed by atoms with Gasteiger partial charge in [0.05, 0.1) is 29.1 Å². The number of hydrazine groups is 1. The summed E-state index contributed by atoms with van der Waals surface area (Å²) in [5, 5.41) is 23.1. The van der Waals surface area contributed by atoms with Crippen LogP contribution in [0.2, 0.25) is 10.0 Å². The Morgan fingerprint density at radius 2 is 1.89 bits per heavy atom. The molecule has 1 aliphatic carbocycles. The van der Waals surface area contributed by atoms with E-state index in [1.165, 1.54) is 0 Å². The quantitative estimate of drug-likeness (QED) is 0.147. The van der Waals surface area contributed by atoms with E-state index >= 15 is 0 Å². The standard InChI is InChI=1S/C25H25Cl2N3O5S/c26-17-9-10-20(27)22(13-17)29-30-24-19-6-2-1-5-15(19)11-16(25(24)32)12-18(31)14-28-21-7-3-4-8-23(21)36(33,34)35/h1-3,5-7,9-11,13,18,23,29-32H,4,8,12,14H2,(H,33,34,35). The number of halogens is 2. The van der Waals surface area contributed by atoms with Gasteiger partial charge >= 0.3 is 0 Å². The maximum atomic E-state index is 11.7. The lowest BCUT2D eigenvalue weighted by Gasteiger charge is -2.19. The summed E-state index contributed by atoms with van der Waals surface area (Å²) in [6.07, 6.45) is 3.12. The summed E-state index contributed by atoms with van der Waals surface area (Å²) in [7, 11) is -4.29.